The van der Waals surface area contributed by atoms with Gasteiger partial charge in [-0.05, 0) is 6.08 Å². The van der Waals surface area contributed by atoms with E-state index in [0.29, 0.717) is 0 Å². The lowest BCUT2D eigenvalue weighted by Gasteiger charge is -2.28. The summed E-state index contributed by atoms with van der Waals surface area (Å²) in [5.41, 5.74) is 2.98. The molecule has 11 heavy (non-hydrogen) atoms. The SMILES string of the molecule is Cl.O=C1NCCN2NC=CC12. The maximum atomic E-state index is 11.0. The number of nitrogens with one attached hydrogen (secondary N) is 2. The van der Waals surface area contributed by atoms with Crippen molar-refractivity contribution >= 4 is 18.3 Å². The fourth-order valence-electron chi connectivity index (χ4n) is 1.25. The van der Waals surface area contributed by atoms with Gasteiger partial charge in [-0.2, -0.15) is 0 Å². The van der Waals surface area contributed by atoms with E-state index in [4.69, 9.17) is 0 Å². The van der Waals surface area contributed by atoms with Crippen LogP contribution in [0.15, 0.2) is 12.3 Å². The molecule has 0 spiro atoms. The Morgan fingerprint density at radius 3 is 3.18 bits per heavy atom. The van der Waals surface area contributed by atoms with Gasteiger partial charge in [-0.15, -0.1) is 12.4 Å². The van der Waals surface area contributed by atoms with Crippen molar-refractivity contribution in [3.63, 3.8) is 0 Å². The highest BCUT2D eigenvalue weighted by Crippen LogP contribution is 2.06. The van der Waals surface area contributed by atoms with Gasteiger partial charge in [0.25, 0.3) is 0 Å². The van der Waals surface area contributed by atoms with E-state index in [0.717, 1.165) is 13.1 Å². The van der Waals surface area contributed by atoms with Gasteiger partial charge in [-0.25, -0.2) is 5.01 Å². The monoisotopic (exact) mass is 175 g/mol. The van der Waals surface area contributed by atoms with Crippen molar-refractivity contribution in [2.75, 3.05) is 13.1 Å². The van der Waals surface area contributed by atoms with Crippen LogP contribution in [0.2, 0.25) is 0 Å². The summed E-state index contributed by atoms with van der Waals surface area (Å²) in [6.45, 7) is 1.62. The molecule has 1 atom stereocenters. The van der Waals surface area contributed by atoms with Gasteiger partial charge in [0.2, 0.25) is 5.91 Å². The zero-order chi connectivity index (χ0) is 6.97. The molecule has 1 saturated heterocycles. The van der Waals surface area contributed by atoms with Crippen LogP contribution in [0, 0.1) is 0 Å². The summed E-state index contributed by atoms with van der Waals surface area (Å²) < 4.78 is 0. The maximum absolute atomic E-state index is 11.0. The van der Waals surface area contributed by atoms with Gasteiger partial charge in [0, 0.05) is 19.3 Å². The van der Waals surface area contributed by atoms with Crippen molar-refractivity contribution in [2.45, 2.75) is 6.04 Å². The number of halogens is 1. The molecule has 0 aromatic rings. The quantitative estimate of drug-likeness (QED) is 0.509. The standard InChI is InChI=1S/C6H9N3O.ClH/c10-6-5-1-2-8-9(5)4-3-7-6;/h1-2,5,8H,3-4H2,(H,7,10);1H. The minimum atomic E-state index is -0.0752. The summed E-state index contributed by atoms with van der Waals surface area (Å²) in [6, 6.07) is -0.0752. The minimum absolute atomic E-state index is 0. The van der Waals surface area contributed by atoms with Gasteiger partial charge in [0.05, 0.1) is 0 Å². The number of carbonyl (C=O) groups excluding carboxylic acids is 1. The number of amides is 1. The molecule has 0 aromatic heterocycles. The van der Waals surface area contributed by atoms with Crippen LogP contribution in [-0.4, -0.2) is 30.0 Å². The molecular formula is C6H10ClN3O. The number of fused-ring (bicyclic) bond motifs is 1. The number of rotatable bonds is 0. The second-order valence-electron chi connectivity index (χ2n) is 2.42. The van der Waals surface area contributed by atoms with Gasteiger partial charge >= 0.3 is 0 Å². The molecular weight excluding hydrogens is 166 g/mol. The zero-order valence-electron chi connectivity index (χ0n) is 5.91. The van der Waals surface area contributed by atoms with Crippen molar-refractivity contribution < 1.29 is 4.79 Å². The number of hydrazine groups is 1. The number of carbonyl (C=O) groups is 1. The molecule has 0 bridgehead atoms. The molecule has 1 unspecified atom stereocenters. The Labute approximate surface area is 71.0 Å². The van der Waals surface area contributed by atoms with Crippen LogP contribution in [0.5, 0.6) is 0 Å². The molecule has 1 amide bonds. The summed E-state index contributed by atoms with van der Waals surface area (Å²) in [4.78, 5) is 11.0. The molecule has 0 aromatic carbocycles. The first kappa shape index (κ1) is 8.36. The second-order valence-corrected chi connectivity index (χ2v) is 2.42. The van der Waals surface area contributed by atoms with E-state index in [-0.39, 0.29) is 24.4 Å². The first-order valence-corrected chi connectivity index (χ1v) is 3.35. The van der Waals surface area contributed by atoms with Crippen LogP contribution < -0.4 is 10.7 Å². The Hall–Kier alpha value is -0.740. The predicted octanol–water partition coefficient (Wildman–Crippen LogP) is -0.760. The van der Waals surface area contributed by atoms with Crippen LogP contribution >= 0.6 is 12.4 Å². The largest absolute Gasteiger partial charge is 0.353 e. The average Bonchev–Trinajstić information content (AvgIpc) is 2.36. The van der Waals surface area contributed by atoms with Crippen LogP contribution in [0.25, 0.3) is 0 Å². The lowest BCUT2D eigenvalue weighted by molar-refractivity contribution is -0.127. The molecule has 1 fully saturated rings. The molecule has 2 heterocycles. The van der Waals surface area contributed by atoms with Crippen molar-refractivity contribution in [2.24, 2.45) is 0 Å². The fraction of sp³-hybridized carbons (Fsp3) is 0.500. The van der Waals surface area contributed by atoms with E-state index in [1.165, 1.54) is 0 Å². The Kier molecular flexibility index (Phi) is 2.36. The summed E-state index contributed by atoms with van der Waals surface area (Å²) in [7, 11) is 0. The van der Waals surface area contributed by atoms with Crippen molar-refractivity contribution in [3.05, 3.63) is 12.3 Å². The highest BCUT2D eigenvalue weighted by Gasteiger charge is 2.29. The minimum Gasteiger partial charge on any atom is -0.353 e. The van der Waals surface area contributed by atoms with E-state index in [9.17, 15) is 4.79 Å². The topological polar surface area (TPSA) is 44.4 Å². The van der Waals surface area contributed by atoms with Gasteiger partial charge in [0.1, 0.15) is 6.04 Å². The van der Waals surface area contributed by atoms with E-state index < -0.39 is 0 Å². The Balaban J connectivity index is 0.000000605. The maximum Gasteiger partial charge on any atom is 0.243 e. The Morgan fingerprint density at radius 1 is 1.64 bits per heavy atom. The highest BCUT2D eigenvalue weighted by molar-refractivity contribution is 5.85. The lowest BCUT2D eigenvalue weighted by Crippen LogP contribution is -2.55. The molecule has 4 nitrogen and oxygen atoms in total. The molecule has 62 valence electrons. The highest BCUT2D eigenvalue weighted by atomic mass is 35.5. The predicted molar refractivity (Wildman–Crippen MR) is 43.0 cm³/mol. The molecule has 0 radical (unpaired) electrons. The number of hydrogen-bond acceptors (Lipinski definition) is 3. The Bertz CT molecular complexity index is 194. The third-order valence-corrected chi connectivity index (χ3v) is 1.78. The van der Waals surface area contributed by atoms with Gasteiger partial charge in [0.15, 0.2) is 0 Å². The van der Waals surface area contributed by atoms with Gasteiger partial charge in [-0.1, -0.05) is 0 Å². The van der Waals surface area contributed by atoms with Crippen LogP contribution in [-0.2, 0) is 4.79 Å². The van der Waals surface area contributed by atoms with E-state index in [1.807, 2.05) is 11.1 Å². The van der Waals surface area contributed by atoms with Crippen LogP contribution in [0.4, 0.5) is 0 Å². The summed E-state index contributed by atoms with van der Waals surface area (Å²) in [6.07, 6.45) is 3.66. The second kappa shape index (κ2) is 3.11. The zero-order valence-corrected chi connectivity index (χ0v) is 6.73. The first-order chi connectivity index (χ1) is 4.88. The normalized spacial score (nSPS) is 28.4. The van der Waals surface area contributed by atoms with E-state index in [2.05, 4.69) is 10.7 Å². The van der Waals surface area contributed by atoms with Crippen molar-refractivity contribution in [1.82, 2.24) is 15.8 Å². The van der Waals surface area contributed by atoms with E-state index in [1.54, 1.807) is 6.20 Å². The number of hydrogen-bond donors (Lipinski definition) is 2. The molecule has 2 aliphatic heterocycles. The molecule has 2 N–H and O–H groups in total. The summed E-state index contributed by atoms with van der Waals surface area (Å²) >= 11 is 0. The number of piperazine rings is 1. The average molecular weight is 176 g/mol. The van der Waals surface area contributed by atoms with E-state index >= 15 is 0 Å². The number of nitrogens with zero attached hydrogens (tertiary/aromatic N) is 1. The smallest absolute Gasteiger partial charge is 0.243 e. The molecule has 2 rings (SSSR count). The first-order valence-electron chi connectivity index (χ1n) is 3.35. The molecule has 0 saturated carbocycles. The van der Waals surface area contributed by atoms with Gasteiger partial charge < -0.3 is 10.7 Å². The lowest BCUT2D eigenvalue weighted by atomic mass is 10.2. The van der Waals surface area contributed by atoms with Crippen molar-refractivity contribution in [3.8, 4) is 0 Å². The van der Waals surface area contributed by atoms with Crippen LogP contribution in [0.3, 0.4) is 0 Å². The molecule has 0 aliphatic carbocycles. The van der Waals surface area contributed by atoms with Crippen LogP contribution in [0.1, 0.15) is 0 Å². The third-order valence-electron chi connectivity index (χ3n) is 1.78. The van der Waals surface area contributed by atoms with Gasteiger partial charge in [-0.3, -0.25) is 4.79 Å². The fourth-order valence-corrected chi connectivity index (χ4v) is 1.25. The third kappa shape index (κ3) is 1.32. The Morgan fingerprint density at radius 2 is 2.45 bits per heavy atom. The van der Waals surface area contributed by atoms with Crippen molar-refractivity contribution in [1.29, 1.82) is 0 Å². The summed E-state index contributed by atoms with van der Waals surface area (Å²) in [5.74, 6) is 0.0903. The summed E-state index contributed by atoms with van der Waals surface area (Å²) in [5, 5.41) is 4.70. The molecule has 2 aliphatic rings. The molecule has 5 heteroatoms.